The summed E-state index contributed by atoms with van der Waals surface area (Å²) >= 11 is 0. The molecule has 20 heavy (non-hydrogen) atoms. The monoisotopic (exact) mass is 283 g/mol. The van der Waals surface area contributed by atoms with Gasteiger partial charge in [-0.15, -0.1) is 8.78 Å². The fraction of sp³-hybridized carbons (Fsp3) is 0.385. The second-order valence-corrected chi connectivity index (χ2v) is 4.04. The molecule has 0 amide bonds. The first-order valence-corrected chi connectivity index (χ1v) is 5.86. The number of fused-ring (bicyclic) bond motifs is 1. The van der Waals surface area contributed by atoms with E-state index in [1.54, 1.807) is 6.92 Å². The summed E-state index contributed by atoms with van der Waals surface area (Å²) in [5, 5.41) is 9.05. The number of hydrogen-bond acceptors (Lipinski definition) is 5. The first-order valence-electron chi connectivity index (χ1n) is 5.86. The van der Waals surface area contributed by atoms with E-state index in [1.165, 1.54) is 18.2 Å². The van der Waals surface area contributed by atoms with E-state index in [0.29, 0.717) is 6.61 Å². The van der Waals surface area contributed by atoms with E-state index in [9.17, 15) is 13.6 Å². The fourth-order valence-electron chi connectivity index (χ4n) is 1.76. The highest BCUT2D eigenvalue weighted by Crippen LogP contribution is 2.42. The van der Waals surface area contributed by atoms with E-state index >= 15 is 0 Å². The quantitative estimate of drug-likeness (QED) is 0.828. The largest absolute Gasteiger partial charge is 0.586 e. The predicted octanol–water partition coefficient (Wildman–Crippen LogP) is 2.22. The molecule has 0 aliphatic carbocycles. The van der Waals surface area contributed by atoms with Gasteiger partial charge in [-0.3, -0.25) is 4.79 Å². The molecule has 0 radical (unpaired) electrons. The molecule has 2 rings (SSSR count). The number of benzene rings is 1. The molecule has 1 aliphatic heterocycles. The molecule has 0 fully saturated rings. The van der Waals surface area contributed by atoms with Crippen LogP contribution >= 0.6 is 0 Å². The van der Waals surface area contributed by atoms with Crippen molar-refractivity contribution in [3.05, 3.63) is 23.8 Å². The Kier molecular flexibility index (Phi) is 3.86. The molecule has 0 saturated carbocycles. The number of Topliss-reactive ketones (excluding diaryl/α,β-unsaturated/α-hetero) is 1. The molecule has 0 aromatic heterocycles. The first kappa shape index (κ1) is 14.2. The Morgan fingerprint density at radius 2 is 2.15 bits per heavy atom. The Morgan fingerprint density at radius 1 is 1.45 bits per heavy atom. The Hall–Kier alpha value is -2.20. The maximum absolute atomic E-state index is 12.9. The van der Waals surface area contributed by atoms with E-state index in [2.05, 4.69) is 9.47 Å². The van der Waals surface area contributed by atoms with Crippen LogP contribution in [-0.4, -0.2) is 25.3 Å². The van der Waals surface area contributed by atoms with Crippen LogP contribution in [-0.2, 0) is 9.53 Å². The van der Waals surface area contributed by atoms with Crippen LogP contribution in [0.25, 0.3) is 0 Å². The first-order chi connectivity index (χ1) is 9.46. The van der Waals surface area contributed by atoms with Gasteiger partial charge in [0.2, 0.25) is 0 Å². The Labute approximate surface area is 113 Å². The van der Waals surface area contributed by atoms with Gasteiger partial charge >= 0.3 is 6.29 Å². The summed E-state index contributed by atoms with van der Waals surface area (Å²) in [6.07, 6.45) is -3.72. The van der Waals surface area contributed by atoms with Crippen molar-refractivity contribution >= 4 is 5.78 Å². The molecule has 0 saturated heterocycles. The number of rotatable bonds is 5. The lowest BCUT2D eigenvalue weighted by Crippen LogP contribution is -2.25. The molecule has 1 unspecified atom stereocenters. The molecular formula is C13H11F2NO4. The van der Waals surface area contributed by atoms with E-state index in [4.69, 9.17) is 10.00 Å². The smallest absolute Gasteiger partial charge is 0.395 e. The summed E-state index contributed by atoms with van der Waals surface area (Å²) in [7, 11) is 0. The van der Waals surface area contributed by atoms with Crippen LogP contribution in [0.2, 0.25) is 0 Å². The zero-order valence-electron chi connectivity index (χ0n) is 10.6. The van der Waals surface area contributed by atoms with Gasteiger partial charge in [-0.05, 0) is 24.6 Å². The molecule has 106 valence electrons. The van der Waals surface area contributed by atoms with Gasteiger partial charge in [0.05, 0.1) is 6.07 Å². The van der Waals surface area contributed by atoms with Gasteiger partial charge in [-0.1, -0.05) is 6.07 Å². The van der Waals surface area contributed by atoms with Gasteiger partial charge in [0.1, 0.15) is 12.5 Å². The normalized spacial score (nSPS) is 16.5. The van der Waals surface area contributed by atoms with Crippen LogP contribution in [0, 0.1) is 11.3 Å². The number of nitriles is 1. The maximum atomic E-state index is 12.9. The highest BCUT2D eigenvalue weighted by Gasteiger charge is 2.43. The highest BCUT2D eigenvalue weighted by atomic mass is 19.3. The summed E-state index contributed by atoms with van der Waals surface area (Å²) in [5.74, 6) is -1.87. The summed E-state index contributed by atoms with van der Waals surface area (Å²) in [6, 6.07) is 5.64. The maximum Gasteiger partial charge on any atom is 0.586 e. The van der Waals surface area contributed by atoms with E-state index < -0.39 is 18.0 Å². The number of nitrogens with zero attached hydrogens (tertiary/aromatic N) is 1. The van der Waals surface area contributed by atoms with Crippen LogP contribution in [0.15, 0.2) is 18.2 Å². The fourth-order valence-corrected chi connectivity index (χ4v) is 1.76. The molecular weight excluding hydrogens is 272 g/mol. The molecule has 0 bridgehead atoms. The minimum absolute atomic E-state index is 0.132. The van der Waals surface area contributed by atoms with Crippen molar-refractivity contribution in [1.82, 2.24) is 0 Å². The number of alkyl halides is 2. The van der Waals surface area contributed by atoms with Gasteiger partial charge in [0, 0.05) is 6.61 Å². The predicted molar refractivity (Wildman–Crippen MR) is 62.5 cm³/mol. The van der Waals surface area contributed by atoms with E-state index in [0.717, 1.165) is 0 Å². The van der Waals surface area contributed by atoms with Crippen LogP contribution in [0.1, 0.15) is 18.4 Å². The summed E-state index contributed by atoms with van der Waals surface area (Å²) in [4.78, 5) is 11.8. The molecule has 0 spiro atoms. The minimum Gasteiger partial charge on any atom is -0.395 e. The van der Waals surface area contributed by atoms with Crippen molar-refractivity contribution in [2.75, 3.05) is 13.2 Å². The Balaban J connectivity index is 2.21. The topological polar surface area (TPSA) is 68.6 Å². The third-order valence-electron chi connectivity index (χ3n) is 2.66. The lowest BCUT2D eigenvalue weighted by atomic mass is 9.96. The SMILES string of the molecule is CCOCC(=O)C(C#N)c1ccc2c(c1)OC(F)(F)O2. The van der Waals surface area contributed by atoms with Crippen molar-refractivity contribution in [2.24, 2.45) is 0 Å². The van der Waals surface area contributed by atoms with E-state index in [-0.39, 0.29) is 23.7 Å². The highest BCUT2D eigenvalue weighted by molar-refractivity contribution is 5.89. The van der Waals surface area contributed by atoms with Crippen LogP contribution in [0.4, 0.5) is 8.78 Å². The standard InChI is InChI=1S/C13H11F2NO4/c1-2-18-7-10(17)9(6-16)8-3-4-11-12(5-8)20-13(14,15)19-11/h3-5,9H,2,7H2,1H3. The van der Waals surface area contributed by atoms with Crippen LogP contribution in [0.5, 0.6) is 11.5 Å². The number of ether oxygens (including phenoxy) is 3. The lowest BCUT2D eigenvalue weighted by molar-refractivity contribution is -0.286. The van der Waals surface area contributed by atoms with Gasteiger partial charge in [-0.25, -0.2) is 0 Å². The average Bonchev–Trinajstić information content (AvgIpc) is 2.70. The van der Waals surface area contributed by atoms with Crippen LogP contribution < -0.4 is 9.47 Å². The van der Waals surface area contributed by atoms with Crippen LogP contribution in [0.3, 0.4) is 0 Å². The molecule has 1 aliphatic rings. The van der Waals surface area contributed by atoms with Crippen molar-refractivity contribution < 1.29 is 27.8 Å². The van der Waals surface area contributed by atoms with Crippen molar-refractivity contribution in [3.8, 4) is 17.6 Å². The van der Waals surface area contributed by atoms with Crippen molar-refractivity contribution in [2.45, 2.75) is 19.1 Å². The summed E-state index contributed by atoms with van der Waals surface area (Å²) in [5.41, 5.74) is 0.261. The zero-order valence-corrected chi connectivity index (χ0v) is 10.6. The second-order valence-electron chi connectivity index (χ2n) is 4.04. The average molecular weight is 283 g/mol. The molecule has 5 nitrogen and oxygen atoms in total. The Bertz CT molecular complexity index is 568. The Morgan fingerprint density at radius 3 is 2.80 bits per heavy atom. The van der Waals surface area contributed by atoms with Gasteiger partial charge in [0.15, 0.2) is 17.3 Å². The van der Waals surface area contributed by atoms with Gasteiger partial charge in [-0.2, -0.15) is 5.26 Å². The summed E-state index contributed by atoms with van der Waals surface area (Å²) in [6.45, 7) is 1.86. The third-order valence-corrected chi connectivity index (χ3v) is 2.66. The van der Waals surface area contributed by atoms with Gasteiger partial charge < -0.3 is 14.2 Å². The van der Waals surface area contributed by atoms with Gasteiger partial charge in [0.25, 0.3) is 0 Å². The molecule has 1 atom stereocenters. The zero-order chi connectivity index (χ0) is 14.8. The lowest BCUT2D eigenvalue weighted by Gasteiger charge is -2.09. The number of halogens is 2. The van der Waals surface area contributed by atoms with E-state index in [1.807, 2.05) is 6.07 Å². The second kappa shape index (κ2) is 5.43. The minimum atomic E-state index is -3.72. The van der Waals surface area contributed by atoms with Crippen molar-refractivity contribution in [1.29, 1.82) is 5.26 Å². The number of carbonyl (C=O) groups is 1. The third kappa shape index (κ3) is 2.86. The number of hydrogen-bond donors (Lipinski definition) is 0. The molecule has 1 aromatic rings. The number of ketones is 1. The molecule has 1 heterocycles. The number of carbonyl (C=O) groups excluding carboxylic acids is 1. The molecule has 1 aromatic carbocycles. The summed E-state index contributed by atoms with van der Waals surface area (Å²) < 4.78 is 39.2. The molecule has 7 heteroatoms. The van der Waals surface area contributed by atoms with Crippen molar-refractivity contribution in [3.63, 3.8) is 0 Å². The molecule has 0 N–H and O–H groups in total.